The van der Waals surface area contributed by atoms with Crippen LogP contribution in [0.25, 0.3) is 0 Å². The maximum Gasteiger partial charge on any atom is 0.121 e. The topological polar surface area (TPSA) is 66.5 Å². The van der Waals surface area contributed by atoms with Gasteiger partial charge in [0.2, 0.25) is 0 Å². The SMILES string of the molecule is N[C@H](CO)c1ccc(Cl)cc1O. The van der Waals surface area contributed by atoms with E-state index in [9.17, 15) is 5.11 Å². The van der Waals surface area contributed by atoms with E-state index in [0.717, 1.165) is 0 Å². The lowest BCUT2D eigenvalue weighted by atomic mass is 10.1. The monoisotopic (exact) mass is 187 g/mol. The van der Waals surface area contributed by atoms with Crippen LogP contribution in [-0.2, 0) is 0 Å². The first-order chi connectivity index (χ1) is 5.65. The van der Waals surface area contributed by atoms with E-state index < -0.39 is 6.04 Å². The molecule has 0 radical (unpaired) electrons. The van der Waals surface area contributed by atoms with Crippen molar-refractivity contribution in [2.24, 2.45) is 5.73 Å². The second-order valence-electron chi connectivity index (χ2n) is 2.49. The van der Waals surface area contributed by atoms with Crippen molar-refractivity contribution in [3.8, 4) is 5.75 Å². The van der Waals surface area contributed by atoms with Crippen LogP contribution in [0.4, 0.5) is 0 Å². The summed E-state index contributed by atoms with van der Waals surface area (Å²) in [5, 5.41) is 18.5. The largest absolute Gasteiger partial charge is 0.508 e. The maximum atomic E-state index is 9.32. The van der Waals surface area contributed by atoms with Crippen molar-refractivity contribution in [2.75, 3.05) is 6.61 Å². The Bertz CT molecular complexity index is 278. The van der Waals surface area contributed by atoms with Crippen LogP contribution in [-0.4, -0.2) is 16.8 Å². The third-order valence-electron chi connectivity index (χ3n) is 1.59. The van der Waals surface area contributed by atoms with Gasteiger partial charge in [-0.3, -0.25) is 0 Å². The van der Waals surface area contributed by atoms with Crippen molar-refractivity contribution in [2.45, 2.75) is 6.04 Å². The van der Waals surface area contributed by atoms with Gasteiger partial charge in [-0.2, -0.15) is 0 Å². The fourth-order valence-electron chi connectivity index (χ4n) is 0.929. The van der Waals surface area contributed by atoms with Crippen molar-refractivity contribution in [1.82, 2.24) is 0 Å². The average molecular weight is 188 g/mol. The van der Waals surface area contributed by atoms with Crippen LogP contribution in [0.3, 0.4) is 0 Å². The quantitative estimate of drug-likeness (QED) is 0.648. The molecular weight excluding hydrogens is 178 g/mol. The Hall–Kier alpha value is -0.770. The molecule has 0 aromatic heterocycles. The smallest absolute Gasteiger partial charge is 0.121 e. The lowest BCUT2D eigenvalue weighted by Crippen LogP contribution is -2.14. The van der Waals surface area contributed by atoms with E-state index in [1.165, 1.54) is 6.07 Å². The summed E-state index contributed by atoms with van der Waals surface area (Å²) in [6, 6.07) is 4.05. The van der Waals surface area contributed by atoms with Gasteiger partial charge in [0, 0.05) is 10.6 Å². The van der Waals surface area contributed by atoms with Gasteiger partial charge in [-0.25, -0.2) is 0 Å². The molecule has 0 spiro atoms. The van der Waals surface area contributed by atoms with Gasteiger partial charge in [0.05, 0.1) is 12.6 Å². The second-order valence-corrected chi connectivity index (χ2v) is 2.93. The number of nitrogens with two attached hydrogens (primary N) is 1. The minimum Gasteiger partial charge on any atom is -0.508 e. The van der Waals surface area contributed by atoms with Crippen molar-refractivity contribution < 1.29 is 10.2 Å². The number of phenols is 1. The average Bonchev–Trinajstić information content (AvgIpc) is 2.03. The summed E-state index contributed by atoms with van der Waals surface area (Å²) < 4.78 is 0. The number of aliphatic hydroxyl groups is 1. The van der Waals surface area contributed by atoms with Gasteiger partial charge >= 0.3 is 0 Å². The number of hydrogen-bond donors (Lipinski definition) is 3. The van der Waals surface area contributed by atoms with E-state index in [2.05, 4.69) is 0 Å². The van der Waals surface area contributed by atoms with E-state index in [1.807, 2.05) is 0 Å². The van der Waals surface area contributed by atoms with Crippen LogP contribution in [0, 0.1) is 0 Å². The minimum atomic E-state index is -0.553. The van der Waals surface area contributed by atoms with Crippen molar-refractivity contribution in [1.29, 1.82) is 0 Å². The predicted molar refractivity (Wildman–Crippen MR) is 47.1 cm³/mol. The molecule has 0 saturated carbocycles. The third kappa shape index (κ3) is 1.88. The zero-order valence-electron chi connectivity index (χ0n) is 6.37. The fourth-order valence-corrected chi connectivity index (χ4v) is 1.10. The van der Waals surface area contributed by atoms with Crippen LogP contribution < -0.4 is 5.73 Å². The number of aliphatic hydroxyl groups excluding tert-OH is 1. The summed E-state index contributed by atoms with van der Waals surface area (Å²) in [4.78, 5) is 0. The third-order valence-corrected chi connectivity index (χ3v) is 1.82. The molecule has 66 valence electrons. The zero-order chi connectivity index (χ0) is 9.14. The molecule has 0 aliphatic rings. The van der Waals surface area contributed by atoms with E-state index in [1.54, 1.807) is 12.1 Å². The molecule has 0 fully saturated rings. The summed E-state index contributed by atoms with van der Waals surface area (Å²) in [6.07, 6.45) is 0. The molecule has 0 bridgehead atoms. The molecule has 1 atom stereocenters. The molecule has 4 heteroatoms. The lowest BCUT2D eigenvalue weighted by Gasteiger charge is -2.10. The number of phenolic OH excluding ortho intramolecular Hbond substituents is 1. The molecule has 4 N–H and O–H groups in total. The normalized spacial score (nSPS) is 12.9. The highest BCUT2D eigenvalue weighted by molar-refractivity contribution is 6.30. The molecule has 0 aliphatic carbocycles. The summed E-state index contributed by atoms with van der Waals surface area (Å²) in [6.45, 7) is -0.199. The Morgan fingerprint density at radius 3 is 2.67 bits per heavy atom. The van der Waals surface area contributed by atoms with E-state index >= 15 is 0 Å². The Balaban J connectivity index is 3.01. The molecule has 3 nitrogen and oxygen atoms in total. The summed E-state index contributed by atoms with van der Waals surface area (Å²) in [5.74, 6) is 0.0176. The Morgan fingerprint density at radius 1 is 1.50 bits per heavy atom. The fraction of sp³-hybridized carbons (Fsp3) is 0.250. The Morgan fingerprint density at radius 2 is 2.17 bits per heavy atom. The number of aromatic hydroxyl groups is 1. The number of hydrogen-bond acceptors (Lipinski definition) is 3. The standard InChI is InChI=1S/C8H10ClNO2/c9-5-1-2-6(7(10)4-11)8(12)3-5/h1-3,7,11-12H,4,10H2/t7-/m1/s1. The minimum absolute atomic E-state index is 0.0176. The number of halogens is 1. The van der Waals surface area contributed by atoms with Crippen molar-refractivity contribution in [3.63, 3.8) is 0 Å². The molecular formula is C8H10ClNO2. The molecule has 0 unspecified atom stereocenters. The Labute approximate surface area is 75.4 Å². The van der Waals surface area contributed by atoms with Gasteiger partial charge in [0.25, 0.3) is 0 Å². The molecule has 1 aromatic rings. The van der Waals surface area contributed by atoms with Crippen LogP contribution in [0.1, 0.15) is 11.6 Å². The van der Waals surface area contributed by atoms with Crippen LogP contribution in [0.2, 0.25) is 5.02 Å². The first-order valence-corrected chi connectivity index (χ1v) is 3.88. The summed E-state index contributed by atoms with van der Waals surface area (Å²) >= 11 is 5.60. The molecule has 0 aliphatic heterocycles. The van der Waals surface area contributed by atoms with Crippen LogP contribution in [0.15, 0.2) is 18.2 Å². The van der Waals surface area contributed by atoms with Crippen LogP contribution >= 0.6 is 11.6 Å². The highest BCUT2D eigenvalue weighted by Gasteiger charge is 2.09. The molecule has 1 aromatic carbocycles. The lowest BCUT2D eigenvalue weighted by molar-refractivity contribution is 0.265. The van der Waals surface area contributed by atoms with Gasteiger partial charge in [0.1, 0.15) is 5.75 Å². The van der Waals surface area contributed by atoms with Crippen molar-refractivity contribution >= 4 is 11.6 Å². The van der Waals surface area contributed by atoms with E-state index in [4.69, 9.17) is 22.4 Å². The molecule has 0 saturated heterocycles. The first-order valence-electron chi connectivity index (χ1n) is 3.50. The molecule has 0 amide bonds. The summed E-state index contributed by atoms with van der Waals surface area (Å²) in [5.41, 5.74) is 5.99. The van der Waals surface area contributed by atoms with Gasteiger partial charge in [-0.15, -0.1) is 0 Å². The Kier molecular flexibility index (Phi) is 2.92. The van der Waals surface area contributed by atoms with Crippen LogP contribution in [0.5, 0.6) is 5.75 Å². The van der Waals surface area contributed by atoms with Crippen molar-refractivity contribution in [3.05, 3.63) is 28.8 Å². The van der Waals surface area contributed by atoms with Gasteiger partial charge < -0.3 is 15.9 Å². The number of rotatable bonds is 2. The molecule has 12 heavy (non-hydrogen) atoms. The van der Waals surface area contributed by atoms with E-state index in [-0.39, 0.29) is 12.4 Å². The van der Waals surface area contributed by atoms with Gasteiger partial charge in [-0.1, -0.05) is 17.7 Å². The number of benzene rings is 1. The summed E-state index contributed by atoms with van der Waals surface area (Å²) in [7, 11) is 0. The highest BCUT2D eigenvalue weighted by Crippen LogP contribution is 2.25. The van der Waals surface area contributed by atoms with Gasteiger partial charge in [0.15, 0.2) is 0 Å². The highest BCUT2D eigenvalue weighted by atomic mass is 35.5. The predicted octanol–water partition coefficient (Wildman–Crippen LogP) is 1.04. The molecule has 1 rings (SSSR count). The maximum absolute atomic E-state index is 9.32. The molecule has 0 heterocycles. The van der Waals surface area contributed by atoms with E-state index in [0.29, 0.717) is 10.6 Å². The van der Waals surface area contributed by atoms with Gasteiger partial charge in [-0.05, 0) is 12.1 Å². The first kappa shape index (κ1) is 9.32. The zero-order valence-corrected chi connectivity index (χ0v) is 7.12. The second kappa shape index (κ2) is 3.76.